The quantitative estimate of drug-likeness (QED) is 0.585. The van der Waals surface area contributed by atoms with Gasteiger partial charge in [0.1, 0.15) is 17.3 Å². The fourth-order valence-corrected chi connectivity index (χ4v) is 2.68. The van der Waals surface area contributed by atoms with Crippen molar-refractivity contribution < 1.29 is 9.50 Å². The molecule has 0 aliphatic heterocycles. The Labute approximate surface area is 131 Å². The van der Waals surface area contributed by atoms with Crippen LogP contribution in [0.3, 0.4) is 0 Å². The number of aromatic hydroxyl groups is 1. The van der Waals surface area contributed by atoms with Crippen molar-refractivity contribution in [1.82, 2.24) is 15.2 Å². The molecule has 0 amide bonds. The van der Waals surface area contributed by atoms with Crippen LogP contribution in [0.2, 0.25) is 0 Å². The van der Waals surface area contributed by atoms with Crippen LogP contribution in [0.1, 0.15) is 0 Å². The Hall–Kier alpha value is -3.21. The first kappa shape index (κ1) is 13.5. The van der Waals surface area contributed by atoms with Crippen LogP contribution in [0, 0.1) is 5.82 Å². The van der Waals surface area contributed by atoms with Crippen molar-refractivity contribution in [3.05, 3.63) is 66.6 Å². The molecule has 0 unspecified atom stereocenters. The van der Waals surface area contributed by atoms with Gasteiger partial charge in [-0.2, -0.15) is 5.10 Å². The van der Waals surface area contributed by atoms with E-state index in [-0.39, 0.29) is 11.6 Å². The maximum absolute atomic E-state index is 13.5. The number of benzene rings is 2. The second-order valence-electron chi connectivity index (χ2n) is 5.22. The molecule has 0 radical (unpaired) electrons. The van der Waals surface area contributed by atoms with Crippen LogP contribution in [-0.2, 0) is 0 Å². The number of rotatable bonds is 2. The number of phenolic OH excluding ortho intramolecular Hbond substituents is 1. The second kappa shape index (κ2) is 5.21. The number of aromatic amines is 1. The van der Waals surface area contributed by atoms with E-state index in [1.807, 2.05) is 12.1 Å². The standard InChI is InChI=1S/C18H12FN3O/c19-13-5-1-3-11(9-13)18-16-15(21-22-18)7-8-20-17(16)12-4-2-6-14(23)10-12/h1-10,23H,(H,21,22). The van der Waals surface area contributed by atoms with Gasteiger partial charge in [0.15, 0.2) is 0 Å². The van der Waals surface area contributed by atoms with E-state index >= 15 is 0 Å². The van der Waals surface area contributed by atoms with E-state index in [0.29, 0.717) is 17.0 Å². The summed E-state index contributed by atoms with van der Waals surface area (Å²) in [6.45, 7) is 0. The number of phenols is 1. The molecule has 4 nitrogen and oxygen atoms in total. The molecule has 0 saturated heterocycles. The zero-order chi connectivity index (χ0) is 15.8. The maximum atomic E-state index is 13.5. The molecule has 5 heteroatoms. The highest BCUT2D eigenvalue weighted by atomic mass is 19.1. The predicted octanol–water partition coefficient (Wildman–Crippen LogP) is 4.14. The van der Waals surface area contributed by atoms with Crippen molar-refractivity contribution in [2.45, 2.75) is 0 Å². The van der Waals surface area contributed by atoms with Gasteiger partial charge in [0.2, 0.25) is 0 Å². The number of aromatic nitrogens is 3. The van der Waals surface area contributed by atoms with Gasteiger partial charge in [-0.25, -0.2) is 4.39 Å². The number of hydrogen-bond acceptors (Lipinski definition) is 3. The van der Waals surface area contributed by atoms with E-state index in [1.165, 1.54) is 12.1 Å². The summed E-state index contributed by atoms with van der Waals surface area (Å²) in [5.74, 6) is -0.154. The summed E-state index contributed by atoms with van der Waals surface area (Å²) < 4.78 is 13.5. The van der Waals surface area contributed by atoms with Gasteiger partial charge in [-0.05, 0) is 30.3 Å². The molecular weight excluding hydrogens is 293 g/mol. The van der Waals surface area contributed by atoms with Crippen molar-refractivity contribution in [2.24, 2.45) is 0 Å². The third-order valence-electron chi connectivity index (χ3n) is 3.69. The molecule has 4 rings (SSSR count). The summed E-state index contributed by atoms with van der Waals surface area (Å²) in [5.41, 5.74) is 3.57. The van der Waals surface area contributed by atoms with Crippen molar-refractivity contribution in [2.75, 3.05) is 0 Å². The molecule has 2 aromatic carbocycles. The first-order valence-corrected chi connectivity index (χ1v) is 7.11. The first-order valence-electron chi connectivity index (χ1n) is 7.11. The van der Waals surface area contributed by atoms with Crippen LogP contribution in [-0.4, -0.2) is 20.3 Å². The summed E-state index contributed by atoms with van der Waals surface area (Å²) in [4.78, 5) is 4.43. The van der Waals surface area contributed by atoms with Crippen LogP contribution in [0.4, 0.5) is 4.39 Å². The summed E-state index contributed by atoms with van der Waals surface area (Å²) in [5, 5.41) is 17.8. The molecule has 0 fully saturated rings. The molecule has 0 spiro atoms. The number of halogens is 1. The number of hydrogen-bond donors (Lipinski definition) is 2. The van der Waals surface area contributed by atoms with Gasteiger partial charge < -0.3 is 5.11 Å². The lowest BCUT2D eigenvalue weighted by molar-refractivity contribution is 0.475. The minimum absolute atomic E-state index is 0.164. The largest absolute Gasteiger partial charge is 0.508 e. The molecule has 2 N–H and O–H groups in total. The van der Waals surface area contributed by atoms with E-state index < -0.39 is 0 Å². The van der Waals surface area contributed by atoms with E-state index in [0.717, 1.165) is 16.5 Å². The maximum Gasteiger partial charge on any atom is 0.123 e. The predicted molar refractivity (Wildman–Crippen MR) is 86.4 cm³/mol. The Morgan fingerprint density at radius 3 is 2.48 bits per heavy atom. The fraction of sp³-hybridized carbons (Fsp3) is 0. The van der Waals surface area contributed by atoms with E-state index in [1.54, 1.807) is 36.5 Å². The summed E-state index contributed by atoms with van der Waals surface area (Å²) in [7, 11) is 0. The van der Waals surface area contributed by atoms with Crippen molar-refractivity contribution in [3.8, 4) is 28.3 Å². The highest BCUT2D eigenvalue weighted by Gasteiger charge is 2.15. The Bertz CT molecular complexity index is 1010. The molecule has 23 heavy (non-hydrogen) atoms. The molecule has 2 heterocycles. The van der Waals surface area contributed by atoms with Crippen LogP contribution in [0.15, 0.2) is 60.8 Å². The third kappa shape index (κ3) is 2.32. The number of H-pyrrole nitrogens is 1. The van der Waals surface area contributed by atoms with Gasteiger partial charge in [0.05, 0.1) is 16.6 Å². The minimum atomic E-state index is -0.318. The Morgan fingerprint density at radius 1 is 0.913 bits per heavy atom. The average molecular weight is 305 g/mol. The van der Waals surface area contributed by atoms with E-state index in [4.69, 9.17) is 0 Å². The molecule has 112 valence electrons. The molecule has 0 aliphatic carbocycles. The van der Waals surface area contributed by atoms with Gasteiger partial charge in [-0.15, -0.1) is 0 Å². The lowest BCUT2D eigenvalue weighted by Crippen LogP contribution is -1.87. The summed E-state index contributed by atoms with van der Waals surface area (Å²) >= 11 is 0. The number of nitrogens with one attached hydrogen (secondary N) is 1. The Morgan fingerprint density at radius 2 is 1.70 bits per heavy atom. The number of pyridine rings is 1. The smallest absolute Gasteiger partial charge is 0.123 e. The van der Waals surface area contributed by atoms with Crippen LogP contribution in [0.5, 0.6) is 5.75 Å². The number of fused-ring (bicyclic) bond motifs is 1. The fourth-order valence-electron chi connectivity index (χ4n) is 2.68. The van der Waals surface area contributed by atoms with Crippen molar-refractivity contribution in [3.63, 3.8) is 0 Å². The Kier molecular flexibility index (Phi) is 3.05. The SMILES string of the molecule is Oc1cccc(-c2nccc3[nH]nc(-c4cccc(F)c4)c23)c1. The van der Waals surface area contributed by atoms with Gasteiger partial charge >= 0.3 is 0 Å². The lowest BCUT2D eigenvalue weighted by Gasteiger charge is -2.05. The van der Waals surface area contributed by atoms with E-state index in [2.05, 4.69) is 15.2 Å². The van der Waals surface area contributed by atoms with Gasteiger partial charge in [0, 0.05) is 17.3 Å². The van der Waals surface area contributed by atoms with Crippen molar-refractivity contribution in [1.29, 1.82) is 0 Å². The third-order valence-corrected chi connectivity index (χ3v) is 3.69. The highest BCUT2D eigenvalue weighted by Crippen LogP contribution is 2.34. The first-order chi connectivity index (χ1) is 11.2. The van der Waals surface area contributed by atoms with Gasteiger partial charge in [0.25, 0.3) is 0 Å². The van der Waals surface area contributed by atoms with Gasteiger partial charge in [-0.3, -0.25) is 10.1 Å². The Balaban J connectivity index is 2.01. The molecular formula is C18H12FN3O. The zero-order valence-electron chi connectivity index (χ0n) is 12.0. The van der Waals surface area contributed by atoms with Crippen LogP contribution < -0.4 is 0 Å². The van der Waals surface area contributed by atoms with E-state index in [9.17, 15) is 9.50 Å². The average Bonchev–Trinajstić information content (AvgIpc) is 2.99. The topological polar surface area (TPSA) is 61.8 Å². The molecule has 0 bridgehead atoms. The molecule has 0 atom stereocenters. The summed E-state index contributed by atoms with van der Waals surface area (Å²) in [6.07, 6.45) is 1.68. The zero-order valence-corrected chi connectivity index (χ0v) is 12.0. The summed E-state index contributed by atoms with van der Waals surface area (Å²) in [6, 6.07) is 15.0. The normalized spacial score (nSPS) is 11.0. The van der Waals surface area contributed by atoms with Crippen molar-refractivity contribution >= 4 is 10.9 Å². The molecule has 2 aromatic heterocycles. The lowest BCUT2D eigenvalue weighted by atomic mass is 10.0. The van der Waals surface area contributed by atoms with Crippen LogP contribution in [0.25, 0.3) is 33.4 Å². The highest BCUT2D eigenvalue weighted by molar-refractivity contribution is 6.02. The molecule has 0 saturated carbocycles. The monoisotopic (exact) mass is 305 g/mol. The molecule has 4 aromatic rings. The number of nitrogens with zero attached hydrogens (tertiary/aromatic N) is 2. The van der Waals surface area contributed by atoms with Gasteiger partial charge in [-0.1, -0.05) is 24.3 Å². The second-order valence-corrected chi connectivity index (χ2v) is 5.22. The molecule has 0 aliphatic rings. The minimum Gasteiger partial charge on any atom is -0.508 e. The van der Waals surface area contributed by atoms with Crippen LogP contribution >= 0.6 is 0 Å².